The minimum absolute atomic E-state index is 0.314. The van der Waals surface area contributed by atoms with Crippen LogP contribution in [0.4, 0.5) is 5.69 Å². The van der Waals surface area contributed by atoms with Gasteiger partial charge in [-0.2, -0.15) is 0 Å². The SMILES string of the molecule is CCOC(=O)c1cnc2ccc(N3CCN(C)CC3)cc2c1Cl. The largest absolute Gasteiger partial charge is 0.462 e. The number of esters is 1. The van der Waals surface area contributed by atoms with Crippen LogP contribution >= 0.6 is 11.6 Å². The van der Waals surface area contributed by atoms with Gasteiger partial charge in [0, 0.05) is 43.4 Å². The van der Waals surface area contributed by atoms with Crippen molar-refractivity contribution < 1.29 is 9.53 Å². The maximum Gasteiger partial charge on any atom is 0.341 e. The number of aromatic nitrogens is 1. The molecule has 2 heterocycles. The second-order valence-corrected chi connectivity index (χ2v) is 6.08. The molecule has 6 heteroatoms. The van der Waals surface area contributed by atoms with Crippen LogP contribution < -0.4 is 4.90 Å². The molecule has 0 N–H and O–H groups in total. The lowest BCUT2D eigenvalue weighted by Crippen LogP contribution is -2.44. The van der Waals surface area contributed by atoms with Gasteiger partial charge in [0.15, 0.2) is 0 Å². The third-order valence-electron chi connectivity index (χ3n) is 4.15. The summed E-state index contributed by atoms with van der Waals surface area (Å²) in [6.07, 6.45) is 1.48. The number of hydrogen-bond donors (Lipinski definition) is 0. The highest BCUT2D eigenvalue weighted by Crippen LogP contribution is 2.30. The lowest BCUT2D eigenvalue weighted by Gasteiger charge is -2.34. The molecule has 1 aromatic heterocycles. The van der Waals surface area contributed by atoms with E-state index in [0.717, 1.165) is 42.8 Å². The molecule has 0 atom stereocenters. The Morgan fingerprint density at radius 1 is 1.30 bits per heavy atom. The Hall–Kier alpha value is -1.85. The predicted octanol–water partition coefficient (Wildman–Crippen LogP) is 2.82. The third-order valence-corrected chi connectivity index (χ3v) is 4.56. The number of carbonyl (C=O) groups is 1. The number of pyridine rings is 1. The first-order chi connectivity index (χ1) is 11.1. The Labute approximate surface area is 140 Å². The maximum atomic E-state index is 12.0. The van der Waals surface area contributed by atoms with E-state index in [1.165, 1.54) is 6.20 Å². The van der Waals surface area contributed by atoms with Gasteiger partial charge < -0.3 is 14.5 Å². The lowest BCUT2D eigenvalue weighted by atomic mass is 10.1. The van der Waals surface area contributed by atoms with E-state index >= 15 is 0 Å². The van der Waals surface area contributed by atoms with E-state index in [2.05, 4.69) is 27.9 Å². The van der Waals surface area contributed by atoms with Crippen molar-refractivity contribution in [3.05, 3.63) is 35.0 Å². The molecule has 0 saturated carbocycles. The Bertz CT molecular complexity index is 727. The van der Waals surface area contributed by atoms with Crippen molar-refractivity contribution in [2.45, 2.75) is 6.92 Å². The number of nitrogens with zero attached hydrogens (tertiary/aromatic N) is 3. The Morgan fingerprint density at radius 2 is 2.04 bits per heavy atom. The zero-order valence-electron chi connectivity index (χ0n) is 13.4. The molecule has 0 radical (unpaired) electrons. The quantitative estimate of drug-likeness (QED) is 0.808. The summed E-state index contributed by atoms with van der Waals surface area (Å²) in [5.74, 6) is -0.433. The van der Waals surface area contributed by atoms with E-state index in [9.17, 15) is 4.79 Å². The molecule has 1 aliphatic heterocycles. The number of anilines is 1. The van der Waals surface area contributed by atoms with Crippen LogP contribution in [0.5, 0.6) is 0 Å². The number of halogens is 1. The average Bonchev–Trinajstić information content (AvgIpc) is 2.56. The van der Waals surface area contributed by atoms with Gasteiger partial charge in [-0.1, -0.05) is 11.6 Å². The van der Waals surface area contributed by atoms with Crippen LogP contribution in [-0.4, -0.2) is 55.7 Å². The van der Waals surface area contributed by atoms with Crippen LogP contribution in [0.1, 0.15) is 17.3 Å². The summed E-state index contributed by atoms with van der Waals surface area (Å²) in [5, 5.41) is 1.19. The van der Waals surface area contributed by atoms with Crippen molar-refractivity contribution in [2.24, 2.45) is 0 Å². The van der Waals surface area contributed by atoms with Gasteiger partial charge >= 0.3 is 5.97 Å². The zero-order chi connectivity index (χ0) is 16.4. The second-order valence-electron chi connectivity index (χ2n) is 5.70. The molecule has 0 aliphatic carbocycles. The average molecular weight is 334 g/mol. The molecule has 23 heavy (non-hydrogen) atoms. The summed E-state index contributed by atoms with van der Waals surface area (Å²) in [7, 11) is 2.13. The van der Waals surface area contributed by atoms with Crippen LogP contribution in [-0.2, 0) is 4.74 Å². The summed E-state index contributed by atoms with van der Waals surface area (Å²) in [6, 6.07) is 6.02. The highest BCUT2D eigenvalue weighted by molar-refractivity contribution is 6.38. The molecule has 122 valence electrons. The fourth-order valence-electron chi connectivity index (χ4n) is 2.76. The topological polar surface area (TPSA) is 45.7 Å². The van der Waals surface area contributed by atoms with E-state index in [1.54, 1.807) is 6.92 Å². The molecule has 0 spiro atoms. The molecular formula is C17H20ClN3O2. The summed E-state index contributed by atoms with van der Waals surface area (Å²) < 4.78 is 5.04. The molecule has 5 nitrogen and oxygen atoms in total. The van der Waals surface area contributed by atoms with E-state index in [1.807, 2.05) is 12.1 Å². The molecule has 1 saturated heterocycles. The van der Waals surface area contributed by atoms with Crippen molar-refractivity contribution in [1.29, 1.82) is 0 Å². The molecule has 3 rings (SSSR count). The number of ether oxygens (including phenoxy) is 1. The van der Waals surface area contributed by atoms with E-state index in [-0.39, 0.29) is 0 Å². The van der Waals surface area contributed by atoms with Crippen molar-refractivity contribution in [3.8, 4) is 0 Å². The Balaban J connectivity index is 1.97. The molecule has 0 amide bonds. The van der Waals surface area contributed by atoms with Gasteiger partial charge in [0.1, 0.15) is 0 Å². The fraction of sp³-hybridized carbons (Fsp3) is 0.412. The van der Waals surface area contributed by atoms with E-state index in [0.29, 0.717) is 17.2 Å². The summed E-state index contributed by atoms with van der Waals surface area (Å²) in [4.78, 5) is 20.9. The fourth-order valence-corrected chi connectivity index (χ4v) is 3.04. The van der Waals surface area contributed by atoms with E-state index in [4.69, 9.17) is 16.3 Å². The zero-order valence-corrected chi connectivity index (χ0v) is 14.1. The van der Waals surface area contributed by atoms with Gasteiger partial charge in [0.2, 0.25) is 0 Å². The number of hydrogen-bond acceptors (Lipinski definition) is 5. The van der Waals surface area contributed by atoms with Gasteiger partial charge in [-0.15, -0.1) is 0 Å². The molecular weight excluding hydrogens is 314 g/mol. The Morgan fingerprint density at radius 3 is 2.74 bits per heavy atom. The normalized spacial score (nSPS) is 15.9. The lowest BCUT2D eigenvalue weighted by molar-refractivity contribution is 0.0526. The van der Waals surface area contributed by atoms with Crippen LogP contribution in [0.3, 0.4) is 0 Å². The van der Waals surface area contributed by atoms with Gasteiger partial charge in [-0.05, 0) is 32.2 Å². The first-order valence-corrected chi connectivity index (χ1v) is 8.17. The summed E-state index contributed by atoms with van der Waals surface area (Å²) in [6.45, 7) is 6.11. The number of rotatable bonds is 3. The van der Waals surface area contributed by atoms with Gasteiger partial charge in [-0.3, -0.25) is 4.98 Å². The summed E-state index contributed by atoms with van der Waals surface area (Å²) in [5.41, 5.74) is 2.20. The number of piperazine rings is 1. The Kier molecular flexibility index (Phi) is 4.68. The number of benzene rings is 1. The second kappa shape index (κ2) is 6.72. The van der Waals surface area contributed by atoms with Crippen molar-refractivity contribution in [3.63, 3.8) is 0 Å². The number of fused-ring (bicyclic) bond motifs is 1. The van der Waals surface area contributed by atoms with Gasteiger partial charge in [0.05, 0.1) is 22.7 Å². The van der Waals surface area contributed by atoms with Gasteiger partial charge in [0.25, 0.3) is 0 Å². The van der Waals surface area contributed by atoms with Crippen LogP contribution in [0.25, 0.3) is 10.9 Å². The highest BCUT2D eigenvalue weighted by Gasteiger charge is 2.18. The molecule has 1 fully saturated rings. The number of carbonyl (C=O) groups excluding carboxylic acids is 1. The van der Waals surface area contributed by atoms with Crippen molar-refractivity contribution in [2.75, 3.05) is 44.7 Å². The van der Waals surface area contributed by atoms with Crippen LogP contribution in [0, 0.1) is 0 Å². The summed E-state index contributed by atoms with van der Waals surface area (Å²) >= 11 is 6.44. The minimum Gasteiger partial charge on any atom is -0.462 e. The highest BCUT2D eigenvalue weighted by atomic mass is 35.5. The monoisotopic (exact) mass is 333 g/mol. The first-order valence-electron chi connectivity index (χ1n) is 7.79. The molecule has 1 aliphatic rings. The van der Waals surface area contributed by atoms with Crippen molar-refractivity contribution in [1.82, 2.24) is 9.88 Å². The van der Waals surface area contributed by atoms with E-state index < -0.39 is 5.97 Å². The predicted molar refractivity (Wildman–Crippen MR) is 92.4 cm³/mol. The number of likely N-dealkylation sites (N-methyl/N-ethyl adjacent to an activating group) is 1. The molecule has 1 aromatic carbocycles. The molecule has 2 aromatic rings. The van der Waals surface area contributed by atoms with Crippen LogP contribution in [0.2, 0.25) is 5.02 Å². The third kappa shape index (κ3) is 3.26. The van der Waals surface area contributed by atoms with Crippen molar-refractivity contribution >= 4 is 34.2 Å². The minimum atomic E-state index is -0.433. The molecule has 0 bridgehead atoms. The van der Waals surface area contributed by atoms with Gasteiger partial charge in [-0.25, -0.2) is 4.79 Å². The maximum absolute atomic E-state index is 12.0. The first kappa shape index (κ1) is 16.0. The smallest absolute Gasteiger partial charge is 0.341 e. The molecule has 0 unspecified atom stereocenters. The van der Waals surface area contributed by atoms with Crippen LogP contribution in [0.15, 0.2) is 24.4 Å². The standard InChI is InChI=1S/C17H20ClN3O2/c1-3-23-17(22)14-11-19-15-5-4-12(10-13(15)16(14)18)21-8-6-20(2)7-9-21/h4-5,10-11H,3,6-9H2,1-2H3.